The van der Waals surface area contributed by atoms with Crippen molar-refractivity contribution in [2.75, 3.05) is 52.5 Å². The van der Waals surface area contributed by atoms with Gasteiger partial charge in [-0.1, -0.05) is 18.2 Å². The van der Waals surface area contributed by atoms with Crippen LogP contribution in [-0.2, 0) is 9.53 Å². The number of hydrogen-bond donors (Lipinski definition) is 1. The number of β-amino-alcohol motifs (C(OH)–C–C–N with tert-alkyl or cyclic N) is 1. The van der Waals surface area contributed by atoms with Crippen LogP contribution in [0.5, 0.6) is 17.2 Å². The molecule has 2 atom stereocenters. The van der Waals surface area contributed by atoms with E-state index in [0.29, 0.717) is 62.1 Å². The van der Waals surface area contributed by atoms with Crippen LogP contribution in [0, 0.1) is 0 Å². The van der Waals surface area contributed by atoms with Gasteiger partial charge in [0.25, 0.3) is 5.91 Å². The van der Waals surface area contributed by atoms with Crippen molar-refractivity contribution in [3.63, 3.8) is 0 Å². The number of piperazine rings is 1. The van der Waals surface area contributed by atoms with Gasteiger partial charge >= 0.3 is 5.97 Å². The lowest BCUT2D eigenvalue weighted by Gasteiger charge is -2.37. The lowest BCUT2D eigenvalue weighted by atomic mass is 10.2. The number of ether oxygens (including phenoxy) is 4. The van der Waals surface area contributed by atoms with Crippen LogP contribution in [0.15, 0.2) is 48.5 Å². The largest absolute Gasteiger partial charge is 0.491 e. The first-order valence-corrected chi connectivity index (χ1v) is 11.5. The number of nitrogens with zero attached hydrogens (tertiary/aromatic N) is 2. The molecule has 0 saturated carbocycles. The SMILES string of the molecule is CCOC(=O)c1cccc(OC[C@@H](O)CN2CCN(C(=O)[C@H]3COc4ccccc4O3)CC2)c1. The summed E-state index contributed by atoms with van der Waals surface area (Å²) in [5.74, 6) is 1.24. The monoisotopic (exact) mass is 470 g/mol. The Labute approximate surface area is 198 Å². The van der Waals surface area contributed by atoms with Crippen LogP contribution in [0.2, 0.25) is 0 Å². The summed E-state index contributed by atoms with van der Waals surface area (Å²) in [5, 5.41) is 10.4. The highest BCUT2D eigenvalue weighted by Gasteiger charge is 2.32. The van der Waals surface area contributed by atoms with Crippen molar-refractivity contribution in [2.24, 2.45) is 0 Å². The number of carbonyl (C=O) groups is 2. The van der Waals surface area contributed by atoms with Crippen molar-refractivity contribution in [1.82, 2.24) is 9.80 Å². The minimum absolute atomic E-state index is 0.0838. The van der Waals surface area contributed by atoms with E-state index < -0.39 is 18.2 Å². The number of benzene rings is 2. The molecule has 182 valence electrons. The van der Waals surface area contributed by atoms with Crippen molar-refractivity contribution in [2.45, 2.75) is 19.1 Å². The van der Waals surface area contributed by atoms with E-state index in [0.717, 1.165) is 0 Å². The summed E-state index contributed by atoms with van der Waals surface area (Å²) in [7, 11) is 0. The zero-order chi connectivity index (χ0) is 23.9. The highest BCUT2D eigenvalue weighted by molar-refractivity contribution is 5.89. The van der Waals surface area contributed by atoms with Crippen molar-refractivity contribution in [3.8, 4) is 17.2 Å². The van der Waals surface area contributed by atoms with Crippen LogP contribution < -0.4 is 14.2 Å². The molecule has 9 heteroatoms. The Morgan fingerprint density at radius 3 is 2.62 bits per heavy atom. The standard InChI is InChI=1S/C25H30N2O7/c1-2-31-25(30)18-6-5-7-20(14-18)32-16-19(28)15-26-10-12-27(13-11-26)24(29)23-17-33-21-8-3-4-9-22(21)34-23/h3-9,14,19,23,28H,2,10-13,15-17H2,1H3/t19-,23+/m0/s1. The van der Waals surface area contributed by atoms with Crippen LogP contribution in [0.4, 0.5) is 0 Å². The lowest BCUT2D eigenvalue weighted by Crippen LogP contribution is -2.55. The van der Waals surface area contributed by atoms with Gasteiger partial charge in [0, 0.05) is 32.7 Å². The summed E-state index contributed by atoms with van der Waals surface area (Å²) >= 11 is 0. The third kappa shape index (κ3) is 5.98. The van der Waals surface area contributed by atoms with Gasteiger partial charge in [0.05, 0.1) is 12.2 Å². The van der Waals surface area contributed by atoms with Gasteiger partial charge in [-0.2, -0.15) is 0 Å². The molecule has 1 saturated heterocycles. The molecule has 1 N–H and O–H groups in total. The summed E-state index contributed by atoms with van der Waals surface area (Å²) in [6, 6.07) is 14.0. The number of rotatable bonds is 8. The van der Waals surface area contributed by atoms with Crippen molar-refractivity contribution in [3.05, 3.63) is 54.1 Å². The first-order valence-electron chi connectivity index (χ1n) is 11.5. The van der Waals surface area contributed by atoms with Crippen LogP contribution in [0.3, 0.4) is 0 Å². The summed E-state index contributed by atoms with van der Waals surface area (Å²) in [6.07, 6.45) is -1.36. The number of fused-ring (bicyclic) bond motifs is 1. The fourth-order valence-corrected chi connectivity index (χ4v) is 3.97. The highest BCUT2D eigenvalue weighted by Crippen LogP contribution is 2.31. The average molecular weight is 471 g/mol. The average Bonchev–Trinajstić information content (AvgIpc) is 2.87. The number of aliphatic hydroxyl groups excluding tert-OH is 1. The first kappa shape index (κ1) is 23.8. The van der Waals surface area contributed by atoms with E-state index in [2.05, 4.69) is 4.90 Å². The Kier molecular flexibility index (Phi) is 7.87. The molecule has 1 amide bonds. The second-order valence-electron chi connectivity index (χ2n) is 8.20. The maximum absolute atomic E-state index is 12.9. The number of aliphatic hydroxyl groups is 1. The molecule has 0 aromatic heterocycles. The molecule has 0 bridgehead atoms. The van der Waals surface area contributed by atoms with E-state index in [-0.39, 0.29) is 19.1 Å². The fourth-order valence-electron chi connectivity index (χ4n) is 3.97. The highest BCUT2D eigenvalue weighted by atomic mass is 16.6. The molecule has 0 radical (unpaired) electrons. The van der Waals surface area contributed by atoms with Gasteiger partial charge in [0.1, 0.15) is 25.1 Å². The van der Waals surface area contributed by atoms with Gasteiger partial charge in [-0.25, -0.2) is 4.79 Å². The number of esters is 1. The second-order valence-corrected chi connectivity index (χ2v) is 8.20. The molecule has 2 aliphatic heterocycles. The third-order valence-corrected chi connectivity index (χ3v) is 5.72. The molecule has 2 aromatic carbocycles. The second kappa shape index (κ2) is 11.2. The molecule has 0 spiro atoms. The van der Waals surface area contributed by atoms with Crippen molar-refractivity contribution >= 4 is 11.9 Å². The number of amides is 1. The Balaban J connectivity index is 1.20. The van der Waals surface area contributed by atoms with Gasteiger partial charge in [-0.05, 0) is 37.3 Å². The smallest absolute Gasteiger partial charge is 0.338 e. The molecule has 9 nitrogen and oxygen atoms in total. The Morgan fingerprint density at radius 2 is 1.85 bits per heavy atom. The topological polar surface area (TPSA) is 97.8 Å². The molecule has 0 aliphatic carbocycles. The molecule has 4 rings (SSSR count). The van der Waals surface area contributed by atoms with Crippen LogP contribution in [0.1, 0.15) is 17.3 Å². The van der Waals surface area contributed by atoms with Gasteiger partial charge in [0.15, 0.2) is 11.5 Å². The summed E-state index contributed by atoms with van der Waals surface area (Å²) in [4.78, 5) is 28.6. The van der Waals surface area contributed by atoms with Crippen LogP contribution in [0.25, 0.3) is 0 Å². The van der Waals surface area contributed by atoms with E-state index >= 15 is 0 Å². The molecular weight excluding hydrogens is 440 g/mol. The Morgan fingerprint density at radius 1 is 1.09 bits per heavy atom. The lowest BCUT2D eigenvalue weighted by molar-refractivity contribution is -0.143. The number of para-hydroxylation sites is 2. The molecule has 2 aliphatic rings. The first-order chi connectivity index (χ1) is 16.5. The maximum Gasteiger partial charge on any atom is 0.338 e. The van der Waals surface area contributed by atoms with Gasteiger partial charge < -0.3 is 29.0 Å². The predicted octanol–water partition coefficient (Wildman–Crippen LogP) is 1.59. The summed E-state index contributed by atoms with van der Waals surface area (Å²) < 4.78 is 22.2. The molecular formula is C25H30N2O7. The Hall–Kier alpha value is -3.30. The van der Waals surface area contributed by atoms with E-state index in [1.165, 1.54) is 0 Å². The predicted molar refractivity (Wildman–Crippen MR) is 123 cm³/mol. The Bertz CT molecular complexity index is 991. The molecule has 2 aromatic rings. The third-order valence-electron chi connectivity index (χ3n) is 5.72. The molecule has 1 fully saturated rings. The quantitative estimate of drug-likeness (QED) is 0.581. The van der Waals surface area contributed by atoms with E-state index in [4.69, 9.17) is 18.9 Å². The van der Waals surface area contributed by atoms with E-state index in [9.17, 15) is 14.7 Å². The van der Waals surface area contributed by atoms with Crippen LogP contribution in [-0.4, -0.2) is 91.5 Å². The van der Waals surface area contributed by atoms with Gasteiger partial charge in [-0.3, -0.25) is 9.69 Å². The number of carbonyl (C=O) groups excluding carboxylic acids is 2. The zero-order valence-electron chi connectivity index (χ0n) is 19.2. The van der Waals surface area contributed by atoms with Crippen molar-refractivity contribution in [1.29, 1.82) is 0 Å². The maximum atomic E-state index is 12.9. The molecule has 2 heterocycles. The van der Waals surface area contributed by atoms with Crippen molar-refractivity contribution < 1.29 is 33.6 Å². The normalized spacial score (nSPS) is 18.8. The number of hydrogen-bond acceptors (Lipinski definition) is 8. The fraction of sp³-hybridized carbons (Fsp3) is 0.440. The molecule has 0 unspecified atom stereocenters. The van der Waals surface area contributed by atoms with Gasteiger partial charge in [0.2, 0.25) is 6.10 Å². The minimum atomic E-state index is -0.708. The van der Waals surface area contributed by atoms with E-state index in [1.807, 2.05) is 18.2 Å². The zero-order valence-corrected chi connectivity index (χ0v) is 19.2. The van der Waals surface area contributed by atoms with Crippen LogP contribution >= 0.6 is 0 Å². The van der Waals surface area contributed by atoms with E-state index in [1.54, 1.807) is 42.2 Å². The minimum Gasteiger partial charge on any atom is -0.491 e. The molecule has 34 heavy (non-hydrogen) atoms. The summed E-state index contributed by atoms with van der Waals surface area (Å²) in [5.41, 5.74) is 0.408. The summed E-state index contributed by atoms with van der Waals surface area (Å²) in [6.45, 7) is 5.16. The van der Waals surface area contributed by atoms with Gasteiger partial charge in [-0.15, -0.1) is 0 Å².